The summed E-state index contributed by atoms with van der Waals surface area (Å²) in [5.41, 5.74) is 2.29. The number of urea groups is 1. The number of carbonyl (C=O) groups is 1. The van der Waals surface area contributed by atoms with E-state index in [2.05, 4.69) is 20.8 Å². The van der Waals surface area contributed by atoms with Crippen molar-refractivity contribution >= 4 is 11.7 Å². The molecule has 156 valence electrons. The fourth-order valence-corrected chi connectivity index (χ4v) is 2.51. The van der Waals surface area contributed by atoms with Gasteiger partial charge in [0.05, 0.1) is 17.8 Å². The SMILES string of the molecule is Cc1ccc(-c2ccc(OCCNC(=O)Nc3ccc(C(F)(F)F)cc3)nn2)cc1. The summed E-state index contributed by atoms with van der Waals surface area (Å²) in [6, 6.07) is 15.0. The average molecular weight is 416 g/mol. The van der Waals surface area contributed by atoms with Crippen molar-refractivity contribution in [2.24, 2.45) is 0 Å². The normalized spacial score (nSPS) is 11.1. The Morgan fingerprint density at radius 1 is 0.967 bits per heavy atom. The molecule has 0 aliphatic rings. The van der Waals surface area contributed by atoms with Gasteiger partial charge in [0.25, 0.3) is 0 Å². The topological polar surface area (TPSA) is 76.1 Å². The fraction of sp³-hybridized carbons (Fsp3) is 0.190. The van der Waals surface area contributed by atoms with Crippen LogP contribution in [0.3, 0.4) is 0 Å². The lowest BCUT2D eigenvalue weighted by atomic mass is 10.1. The van der Waals surface area contributed by atoms with E-state index in [-0.39, 0.29) is 18.8 Å². The molecule has 0 aliphatic heterocycles. The lowest BCUT2D eigenvalue weighted by molar-refractivity contribution is -0.137. The van der Waals surface area contributed by atoms with Gasteiger partial charge in [-0.25, -0.2) is 4.79 Å². The number of alkyl halides is 3. The number of carbonyl (C=O) groups excluding carboxylic acids is 1. The van der Waals surface area contributed by atoms with Crippen LogP contribution in [0.1, 0.15) is 11.1 Å². The highest BCUT2D eigenvalue weighted by molar-refractivity contribution is 5.89. The van der Waals surface area contributed by atoms with E-state index >= 15 is 0 Å². The molecule has 0 unspecified atom stereocenters. The predicted molar refractivity (Wildman–Crippen MR) is 106 cm³/mol. The number of halogens is 3. The number of nitrogens with zero attached hydrogens (tertiary/aromatic N) is 2. The number of nitrogens with one attached hydrogen (secondary N) is 2. The summed E-state index contributed by atoms with van der Waals surface area (Å²) in [6.45, 7) is 2.33. The molecule has 0 bridgehead atoms. The third kappa shape index (κ3) is 5.94. The fourth-order valence-electron chi connectivity index (χ4n) is 2.51. The molecule has 2 aromatic carbocycles. The van der Waals surface area contributed by atoms with Gasteiger partial charge < -0.3 is 15.4 Å². The average Bonchev–Trinajstić information content (AvgIpc) is 2.72. The molecule has 0 saturated carbocycles. The highest BCUT2D eigenvalue weighted by Crippen LogP contribution is 2.29. The lowest BCUT2D eigenvalue weighted by Gasteiger charge is -2.10. The van der Waals surface area contributed by atoms with Crippen molar-refractivity contribution in [1.29, 1.82) is 0 Å². The Labute approximate surface area is 171 Å². The van der Waals surface area contributed by atoms with E-state index in [1.807, 2.05) is 31.2 Å². The van der Waals surface area contributed by atoms with Crippen molar-refractivity contribution in [2.45, 2.75) is 13.1 Å². The maximum absolute atomic E-state index is 12.5. The Kier molecular flexibility index (Phi) is 6.51. The van der Waals surface area contributed by atoms with E-state index < -0.39 is 17.8 Å². The second-order valence-electron chi connectivity index (χ2n) is 6.43. The molecule has 3 aromatic rings. The van der Waals surface area contributed by atoms with Crippen LogP contribution in [0.5, 0.6) is 5.88 Å². The molecule has 0 spiro atoms. The minimum atomic E-state index is -4.42. The van der Waals surface area contributed by atoms with Crippen molar-refractivity contribution < 1.29 is 22.7 Å². The quantitative estimate of drug-likeness (QED) is 0.573. The van der Waals surface area contributed by atoms with Gasteiger partial charge in [0.2, 0.25) is 5.88 Å². The number of rotatable bonds is 6. The van der Waals surface area contributed by atoms with E-state index in [9.17, 15) is 18.0 Å². The summed E-state index contributed by atoms with van der Waals surface area (Å²) in [6.07, 6.45) is -4.42. The van der Waals surface area contributed by atoms with Crippen molar-refractivity contribution in [3.8, 4) is 17.1 Å². The first-order chi connectivity index (χ1) is 14.3. The first-order valence-electron chi connectivity index (χ1n) is 9.07. The van der Waals surface area contributed by atoms with Crippen molar-refractivity contribution in [1.82, 2.24) is 15.5 Å². The highest BCUT2D eigenvalue weighted by Gasteiger charge is 2.29. The molecule has 0 fully saturated rings. The molecule has 1 aromatic heterocycles. The summed E-state index contributed by atoms with van der Waals surface area (Å²) in [5, 5.41) is 13.1. The number of hydrogen-bond donors (Lipinski definition) is 2. The largest absolute Gasteiger partial charge is 0.475 e. The van der Waals surface area contributed by atoms with Gasteiger partial charge in [0.1, 0.15) is 6.61 Å². The van der Waals surface area contributed by atoms with E-state index in [0.717, 1.165) is 29.0 Å². The van der Waals surface area contributed by atoms with Gasteiger partial charge in [-0.15, -0.1) is 10.2 Å². The van der Waals surface area contributed by atoms with Gasteiger partial charge in [-0.3, -0.25) is 0 Å². The second kappa shape index (κ2) is 9.25. The molecule has 9 heteroatoms. The number of anilines is 1. The van der Waals surface area contributed by atoms with Crippen LogP contribution >= 0.6 is 0 Å². The van der Waals surface area contributed by atoms with Crippen molar-refractivity contribution in [2.75, 3.05) is 18.5 Å². The number of aromatic nitrogens is 2. The highest BCUT2D eigenvalue weighted by atomic mass is 19.4. The molecule has 0 radical (unpaired) electrons. The molecule has 30 heavy (non-hydrogen) atoms. The molecule has 6 nitrogen and oxygen atoms in total. The van der Waals surface area contributed by atoms with Crippen LogP contribution < -0.4 is 15.4 Å². The van der Waals surface area contributed by atoms with Crippen LogP contribution in [0.4, 0.5) is 23.7 Å². The summed E-state index contributed by atoms with van der Waals surface area (Å²) in [4.78, 5) is 11.8. The standard InChI is InChI=1S/C21H19F3N4O2/c1-14-2-4-15(5-3-14)18-10-11-19(28-27-18)30-13-12-25-20(29)26-17-8-6-16(7-9-17)21(22,23)24/h2-11H,12-13H2,1H3,(H2,25,26,29). The van der Waals surface area contributed by atoms with E-state index in [0.29, 0.717) is 5.88 Å². The van der Waals surface area contributed by atoms with Gasteiger partial charge in [-0.1, -0.05) is 29.8 Å². The van der Waals surface area contributed by atoms with Crippen LogP contribution in [-0.4, -0.2) is 29.4 Å². The van der Waals surface area contributed by atoms with Gasteiger partial charge in [0.15, 0.2) is 0 Å². The smallest absolute Gasteiger partial charge is 0.416 e. The zero-order chi connectivity index (χ0) is 21.6. The molecule has 0 atom stereocenters. The zero-order valence-electron chi connectivity index (χ0n) is 16.0. The number of ether oxygens (including phenoxy) is 1. The van der Waals surface area contributed by atoms with Gasteiger partial charge in [0, 0.05) is 17.3 Å². The summed E-state index contributed by atoms with van der Waals surface area (Å²) >= 11 is 0. The number of amides is 2. The summed E-state index contributed by atoms with van der Waals surface area (Å²) < 4.78 is 43.0. The van der Waals surface area contributed by atoms with Crippen LogP contribution in [0.25, 0.3) is 11.3 Å². The summed E-state index contributed by atoms with van der Waals surface area (Å²) in [5.74, 6) is 0.316. The summed E-state index contributed by atoms with van der Waals surface area (Å²) in [7, 11) is 0. The van der Waals surface area contributed by atoms with Gasteiger partial charge in [-0.05, 0) is 37.3 Å². The van der Waals surface area contributed by atoms with E-state index in [4.69, 9.17) is 4.74 Å². The second-order valence-corrected chi connectivity index (χ2v) is 6.43. The zero-order valence-corrected chi connectivity index (χ0v) is 16.0. The van der Waals surface area contributed by atoms with Crippen LogP contribution in [0, 0.1) is 6.92 Å². The molecule has 2 N–H and O–H groups in total. The third-order valence-electron chi connectivity index (χ3n) is 4.10. The maximum atomic E-state index is 12.5. The minimum Gasteiger partial charge on any atom is -0.475 e. The van der Waals surface area contributed by atoms with Gasteiger partial charge >= 0.3 is 12.2 Å². The number of hydrogen-bond acceptors (Lipinski definition) is 4. The number of aryl methyl sites for hydroxylation is 1. The molecule has 0 saturated heterocycles. The Morgan fingerprint density at radius 3 is 2.27 bits per heavy atom. The lowest BCUT2D eigenvalue weighted by Crippen LogP contribution is -2.32. The predicted octanol–water partition coefficient (Wildman–Crippen LogP) is 4.67. The maximum Gasteiger partial charge on any atom is 0.416 e. The minimum absolute atomic E-state index is 0.152. The van der Waals surface area contributed by atoms with Crippen LogP contribution in [-0.2, 0) is 6.18 Å². The van der Waals surface area contributed by atoms with Crippen molar-refractivity contribution in [3.05, 3.63) is 71.8 Å². The Bertz CT molecular complexity index is 973. The monoisotopic (exact) mass is 416 g/mol. The molecule has 2 amide bonds. The van der Waals surface area contributed by atoms with Crippen LogP contribution in [0.2, 0.25) is 0 Å². The third-order valence-corrected chi connectivity index (χ3v) is 4.10. The van der Waals surface area contributed by atoms with Crippen LogP contribution in [0.15, 0.2) is 60.7 Å². The molecular formula is C21H19F3N4O2. The molecule has 3 rings (SSSR count). The number of benzene rings is 2. The first kappa shape index (κ1) is 21.1. The Balaban J connectivity index is 1.41. The Hall–Kier alpha value is -3.62. The van der Waals surface area contributed by atoms with E-state index in [1.54, 1.807) is 12.1 Å². The molecular weight excluding hydrogens is 397 g/mol. The molecule has 1 heterocycles. The van der Waals surface area contributed by atoms with Crippen molar-refractivity contribution in [3.63, 3.8) is 0 Å². The first-order valence-corrected chi connectivity index (χ1v) is 9.07. The van der Waals surface area contributed by atoms with E-state index in [1.165, 1.54) is 12.1 Å². The Morgan fingerprint density at radius 2 is 1.67 bits per heavy atom. The molecule has 0 aliphatic carbocycles. The van der Waals surface area contributed by atoms with Gasteiger partial charge in [-0.2, -0.15) is 13.2 Å².